The summed E-state index contributed by atoms with van der Waals surface area (Å²) in [6, 6.07) is 4.84. The number of carbonyl (C=O) groups is 2. The Morgan fingerprint density at radius 1 is 1.22 bits per heavy atom. The van der Waals surface area contributed by atoms with Crippen molar-refractivity contribution in [1.29, 1.82) is 0 Å². The summed E-state index contributed by atoms with van der Waals surface area (Å²) < 4.78 is 30.8. The van der Waals surface area contributed by atoms with E-state index in [1.54, 1.807) is 24.3 Å². The SMILES string of the molecule is CNC(=O)NC(=O)C(C)(C)C(N=S(=O)=O)c1ccc(OC)cc1. The van der Waals surface area contributed by atoms with Gasteiger partial charge in [-0.15, -0.1) is 0 Å². The van der Waals surface area contributed by atoms with Crippen LogP contribution in [0.15, 0.2) is 28.6 Å². The minimum atomic E-state index is -2.72. The maximum atomic E-state index is 12.3. The smallest absolute Gasteiger partial charge is 0.321 e. The van der Waals surface area contributed by atoms with Gasteiger partial charge >= 0.3 is 16.5 Å². The van der Waals surface area contributed by atoms with Gasteiger partial charge in [-0.3, -0.25) is 10.1 Å². The number of benzene rings is 1. The van der Waals surface area contributed by atoms with Crippen molar-refractivity contribution >= 4 is 22.4 Å². The summed E-state index contributed by atoms with van der Waals surface area (Å²) in [6.07, 6.45) is 0. The molecule has 1 aromatic carbocycles. The molecular formula is C14H19N3O5S. The van der Waals surface area contributed by atoms with Gasteiger partial charge in [-0.25, -0.2) is 4.79 Å². The average molecular weight is 341 g/mol. The number of ether oxygens (including phenoxy) is 1. The first-order valence-electron chi connectivity index (χ1n) is 6.69. The number of hydrogen-bond donors (Lipinski definition) is 2. The molecule has 0 saturated carbocycles. The minimum Gasteiger partial charge on any atom is -0.497 e. The van der Waals surface area contributed by atoms with Gasteiger partial charge in [-0.05, 0) is 31.5 Å². The number of methoxy groups -OCH3 is 1. The van der Waals surface area contributed by atoms with Crippen LogP contribution in [0.25, 0.3) is 0 Å². The summed E-state index contributed by atoms with van der Waals surface area (Å²) in [5, 5.41) is 4.40. The molecule has 0 saturated heterocycles. The zero-order valence-electron chi connectivity index (χ0n) is 13.3. The number of carbonyl (C=O) groups excluding carboxylic acids is 2. The second kappa shape index (κ2) is 7.73. The quantitative estimate of drug-likeness (QED) is 0.837. The van der Waals surface area contributed by atoms with Crippen molar-refractivity contribution in [2.24, 2.45) is 9.78 Å². The molecule has 0 aliphatic heterocycles. The summed E-state index contributed by atoms with van der Waals surface area (Å²) >= 11 is 0. The Bertz CT molecular complexity index is 702. The van der Waals surface area contributed by atoms with Gasteiger partial charge in [0.1, 0.15) is 11.8 Å². The summed E-state index contributed by atoms with van der Waals surface area (Å²) in [7, 11) is 0.155. The highest BCUT2D eigenvalue weighted by Crippen LogP contribution is 2.37. The highest BCUT2D eigenvalue weighted by Gasteiger charge is 2.39. The first kappa shape index (κ1) is 18.6. The number of nitrogens with one attached hydrogen (secondary N) is 2. The Labute approximate surface area is 135 Å². The fourth-order valence-electron chi connectivity index (χ4n) is 1.93. The maximum Gasteiger partial charge on any atom is 0.321 e. The van der Waals surface area contributed by atoms with E-state index in [2.05, 4.69) is 15.0 Å². The largest absolute Gasteiger partial charge is 0.497 e. The van der Waals surface area contributed by atoms with Crippen LogP contribution in [0, 0.1) is 5.41 Å². The van der Waals surface area contributed by atoms with Gasteiger partial charge in [0, 0.05) is 7.05 Å². The predicted octanol–water partition coefficient (Wildman–Crippen LogP) is 1.28. The van der Waals surface area contributed by atoms with E-state index in [-0.39, 0.29) is 0 Å². The van der Waals surface area contributed by atoms with Crippen LogP contribution >= 0.6 is 0 Å². The molecule has 1 atom stereocenters. The van der Waals surface area contributed by atoms with Crippen molar-refractivity contribution in [3.8, 4) is 5.75 Å². The maximum absolute atomic E-state index is 12.3. The van der Waals surface area contributed by atoms with Crippen molar-refractivity contribution in [1.82, 2.24) is 10.6 Å². The van der Waals surface area contributed by atoms with Crippen LogP contribution in [0.4, 0.5) is 4.79 Å². The average Bonchev–Trinajstić information content (AvgIpc) is 2.52. The summed E-state index contributed by atoms with van der Waals surface area (Å²) in [4.78, 5) is 23.6. The highest BCUT2D eigenvalue weighted by molar-refractivity contribution is 7.61. The van der Waals surface area contributed by atoms with Crippen LogP contribution in [0.5, 0.6) is 5.75 Å². The summed E-state index contributed by atoms with van der Waals surface area (Å²) in [5.74, 6) is -0.0600. The normalized spacial score (nSPS) is 12.0. The number of hydrogen-bond acceptors (Lipinski definition) is 6. The van der Waals surface area contributed by atoms with Crippen LogP contribution in [-0.4, -0.2) is 34.5 Å². The lowest BCUT2D eigenvalue weighted by molar-refractivity contribution is -0.129. The zero-order chi connectivity index (χ0) is 17.6. The van der Waals surface area contributed by atoms with E-state index < -0.39 is 33.9 Å². The van der Waals surface area contributed by atoms with Crippen molar-refractivity contribution in [2.45, 2.75) is 19.9 Å². The third-order valence-corrected chi connectivity index (χ3v) is 3.73. The van der Waals surface area contributed by atoms with Crippen molar-refractivity contribution in [2.75, 3.05) is 14.2 Å². The fraction of sp³-hybridized carbons (Fsp3) is 0.429. The van der Waals surface area contributed by atoms with E-state index in [1.807, 2.05) is 0 Å². The Kier molecular flexibility index (Phi) is 6.26. The van der Waals surface area contributed by atoms with Crippen LogP contribution in [0.1, 0.15) is 25.5 Å². The molecule has 0 fully saturated rings. The van der Waals surface area contributed by atoms with E-state index in [4.69, 9.17) is 4.74 Å². The van der Waals surface area contributed by atoms with Crippen molar-refractivity contribution in [3.63, 3.8) is 0 Å². The topological polar surface area (TPSA) is 114 Å². The lowest BCUT2D eigenvalue weighted by Gasteiger charge is -2.29. The van der Waals surface area contributed by atoms with E-state index in [9.17, 15) is 18.0 Å². The standard InChI is InChI=1S/C14H19N3O5S/c1-14(2,12(18)16-13(19)15-3)11(17-23(20)21)9-5-7-10(22-4)8-6-9/h5-8,11H,1-4H3,(H2,15,16,18,19). The van der Waals surface area contributed by atoms with Gasteiger partial charge in [0.05, 0.1) is 12.5 Å². The van der Waals surface area contributed by atoms with Crippen LogP contribution < -0.4 is 15.4 Å². The van der Waals surface area contributed by atoms with Gasteiger partial charge < -0.3 is 10.1 Å². The van der Waals surface area contributed by atoms with E-state index in [1.165, 1.54) is 28.0 Å². The molecular weight excluding hydrogens is 322 g/mol. The molecule has 0 spiro atoms. The Balaban J connectivity index is 3.25. The fourth-order valence-corrected chi connectivity index (χ4v) is 2.49. The molecule has 1 rings (SSSR count). The molecule has 0 aliphatic carbocycles. The molecule has 1 aromatic rings. The van der Waals surface area contributed by atoms with Crippen molar-refractivity contribution < 1.29 is 22.7 Å². The third-order valence-electron chi connectivity index (χ3n) is 3.35. The van der Waals surface area contributed by atoms with Gasteiger partial charge in [0.15, 0.2) is 0 Å². The van der Waals surface area contributed by atoms with E-state index in [0.717, 1.165) is 0 Å². The lowest BCUT2D eigenvalue weighted by atomic mass is 9.80. The molecule has 23 heavy (non-hydrogen) atoms. The molecule has 8 nitrogen and oxygen atoms in total. The molecule has 126 valence electrons. The number of imide groups is 1. The molecule has 0 heterocycles. The third kappa shape index (κ3) is 4.78. The van der Waals surface area contributed by atoms with Gasteiger partial charge in [-0.1, -0.05) is 12.1 Å². The molecule has 0 bridgehead atoms. The Morgan fingerprint density at radius 3 is 2.22 bits per heavy atom. The number of amides is 3. The van der Waals surface area contributed by atoms with E-state index in [0.29, 0.717) is 11.3 Å². The molecule has 2 N–H and O–H groups in total. The summed E-state index contributed by atoms with van der Waals surface area (Å²) in [6.45, 7) is 3.02. The zero-order valence-corrected chi connectivity index (χ0v) is 14.1. The number of urea groups is 1. The first-order chi connectivity index (χ1) is 10.7. The molecule has 9 heteroatoms. The Morgan fingerprint density at radius 2 is 1.78 bits per heavy atom. The molecule has 0 aliphatic rings. The molecule has 3 amide bonds. The number of rotatable bonds is 5. The monoisotopic (exact) mass is 341 g/mol. The molecule has 1 unspecified atom stereocenters. The summed E-state index contributed by atoms with van der Waals surface area (Å²) in [5.41, 5.74) is -0.770. The lowest BCUT2D eigenvalue weighted by Crippen LogP contribution is -2.46. The molecule has 0 radical (unpaired) electrons. The number of nitrogens with zero attached hydrogens (tertiary/aromatic N) is 1. The van der Waals surface area contributed by atoms with Gasteiger partial charge in [0.25, 0.3) is 0 Å². The molecule has 0 aromatic heterocycles. The van der Waals surface area contributed by atoms with Crippen LogP contribution in [0.2, 0.25) is 0 Å². The van der Waals surface area contributed by atoms with Gasteiger partial charge in [0.2, 0.25) is 5.91 Å². The highest BCUT2D eigenvalue weighted by atomic mass is 32.2. The first-order valence-corrected chi connectivity index (χ1v) is 7.73. The van der Waals surface area contributed by atoms with Crippen molar-refractivity contribution in [3.05, 3.63) is 29.8 Å². The minimum absolute atomic E-state index is 0.507. The van der Waals surface area contributed by atoms with Gasteiger partial charge in [-0.2, -0.15) is 12.8 Å². The Hall–Kier alpha value is -2.42. The predicted molar refractivity (Wildman–Crippen MR) is 83.5 cm³/mol. The van der Waals surface area contributed by atoms with Crippen LogP contribution in [-0.2, 0) is 15.3 Å². The second-order valence-corrected chi connectivity index (χ2v) is 5.90. The second-order valence-electron chi connectivity index (χ2n) is 5.25. The van der Waals surface area contributed by atoms with E-state index >= 15 is 0 Å². The van der Waals surface area contributed by atoms with Crippen LogP contribution in [0.3, 0.4) is 0 Å².